The van der Waals surface area contributed by atoms with Gasteiger partial charge in [0.15, 0.2) is 5.13 Å². The lowest BCUT2D eigenvalue weighted by molar-refractivity contribution is 0.134. The number of anilines is 2. The summed E-state index contributed by atoms with van der Waals surface area (Å²) in [5, 5.41) is 6.41. The fourth-order valence-electron chi connectivity index (χ4n) is 2.91. The monoisotopic (exact) mass is 390 g/mol. The van der Waals surface area contributed by atoms with Gasteiger partial charge in [0, 0.05) is 41.3 Å². The zero-order valence-corrected chi connectivity index (χ0v) is 16.7. The predicted molar refractivity (Wildman–Crippen MR) is 114 cm³/mol. The van der Waals surface area contributed by atoms with Gasteiger partial charge in [0.05, 0.1) is 18.6 Å². The summed E-state index contributed by atoms with van der Waals surface area (Å²) in [6.45, 7) is 5.44. The van der Waals surface area contributed by atoms with Crippen molar-refractivity contribution in [2.75, 3.05) is 11.9 Å². The molecule has 2 aromatic carbocycles. The average Bonchev–Trinajstić information content (AvgIpc) is 3.41. The number of ether oxygens (including phenoxy) is 1. The first-order chi connectivity index (χ1) is 13.7. The number of imidazole rings is 1. The van der Waals surface area contributed by atoms with Crippen LogP contribution in [0.25, 0.3) is 16.9 Å². The fraction of sp³-hybridized carbons (Fsp3) is 0.182. The molecule has 0 aliphatic heterocycles. The maximum atomic E-state index is 5.52. The highest BCUT2D eigenvalue weighted by atomic mass is 32.1. The normalized spacial score (nSPS) is 10.9. The van der Waals surface area contributed by atoms with Crippen LogP contribution in [-0.4, -0.2) is 21.1 Å². The predicted octanol–water partition coefficient (Wildman–Crippen LogP) is 5.58. The van der Waals surface area contributed by atoms with E-state index in [2.05, 4.69) is 65.1 Å². The summed E-state index contributed by atoms with van der Waals surface area (Å²) < 4.78 is 7.50. The molecule has 0 radical (unpaired) electrons. The minimum absolute atomic E-state index is 0.623. The largest absolute Gasteiger partial charge is 0.377 e. The number of rotatable bonds is 7. The molecule has 4 rings (SSSR count). The van der Waals surface area contributed by atoms with Gasteiger partial charge in [-0.3, -0.25) is 0 Å². The van der Waals surface area contributed by atoms with E-state index >= 15 is 0 Å². The van der Waals surface area contributed by atoms with Crippen molar-refractivity contribution in [1.29, 1.82) is 0 Å². The van der Waals surface area contributed by atoms with Crippen molar-refractivity contribution in [2.45, 2.75) is 20.5 Å². The van der Waals surface area contributed by atoms with Gasteiger partial charge in [-0.1, -0.05) is 24.3 Å². The van der Waals surface area contributed by atoms with Crippen LogP contribution in [0.15, 0.2) is 66.6 Å². The molecule has 0 aliphatic carbocycles. The average molecular weight is 391 g/mol. The number of aromatic nitrogens is 3. The molecule has 1 N–H and O–H groups in total. The zero-order chi connectivity index (χ0) is 19.3. The highest BCUT2D eigenvalue weighted by Gasteiger charge is 2.08. The van der Waals surface area contributed by atoms with Gasteiger partial charge >= 0.3 is 0 Å². The van der Waals surface area contributed by atoms with Gasteiger partial charge in [-0.05, 0) is 43.2 Å². The number of aryl methyl sites for hydroxylation is 1. The van der Waals surface area contributed by atoms with Gasteiger partial charge in [-0.25, -0.2) is 9.97 Å². The van der Waals surface area contributed by atoms with Crippen molar-refractivity contribution in [3.63, 3.8) is 0 Å². The quantitative estimate of drug-likeness (QED) is 0.447. The van der Waals surface area contributed by atoms with E-state index in [1.165, 1.54) is 5.56 Å². The molecular formula is C22H22N4OS. The molecule has 6 heteroatoms. The first-order valence-corrected chi connectivity index (χ1v) is 10.1. The molecule has 0 unspecified atom stereocenters. The Morgan fingerprint density at radius 1 is 1.14 bits per heavy atom. The number of benzene rings is 2. The van der Waals surface area contributed by atoms with E-state index in [9.17, 15) is 0 Å². The van der Waals surface area contributed by atoms with Crippen LogP contribution in [0.1, 0.15) is 18.1 Å². The molecule has 5 nitrogen and oxygen atoms in total. The molecule has 0 saturated carbocycles. The van der Waals surface area contributed by atoms with Crippen LogP contribution in [0.2, 0.25) is 0 Å². The Morgan fingerprint density at radius 2 is 2.00 bits per heavy atom. The topological polar surface area (TPSA) is 52.0 Å². The Bertz CT molecular complexity index is 1040. The Labute approximate surface area is 168 Å². The summed E-state index contributed by atoms with van der Waals surface area (Å²) in [5.74, 6) is 0. The van der Waals surface area contributed by atoms with Crippen LogP contribution in [0, 0.1) is 6.92 Å². The Morgan fingerprint density at radius 3 is 2.75 bits per heavy atom. The fourth-order valence-corrected chi connectivity index (χ4v) is 3.64. The number of nitrogens with zero attached hydrogens (tertiary/aromatic N) is 3. The van der Waals surface area contributed by atoms with Crippen molar-refractivity contribution in [1.82, 2.24) is 14.5 Å². The first-order valence-electron chi connectivity index (χ1n) is 9.21. The molecule has 0 saturated heterocycles. The van der Waals surface area contributed by atoms with E-state index in [1.54, 1.807) is 23.9 Å². The summed E-state index contributed by atoms with van der Waals surface area (Å²) in [4.78, 5) is 8.85. The van der Waals surface area contributed by atoms with Crippen LogP contribution in [0.5, 0.6) is 0 Å². The van der Waals surface area contributed by atoms with Crippen LogP contribution < -0.4 is 5.32 Å². The lowest BCUT2D eigenvalue weighted by Crippen LogP contribution is -1.97. The molecule has 142 valence electrons. The van der Waals surface area contributed by atoms with Crippen molar-refractivity contribution in [3.05, 3.63) is 77.7 Å². The van der Waals surface area contributed by atoms with Gasteiger partial charge < -0.3 is 14.6 Å². The zero-order valence-electron chi connectivity index (χ0n) is 15.9. The molecule has 28 heavy (non-hydrogen) atoms. The second kappa shape index (κ2) is 8.37. The summed E-state index contributed by atoms with van der Waals surface area (Å²) in [6, 6.07) is 14.7. The highest BCUT2D eigenvalue weighted by molar-refractivity contribution is 7.14. The number of nitrogens with one attached hydrogen (secondary N) is 1. The van der Waals surface area contributed by atoms with Gasteiger partial charge in [0.2, 0.25) is 0 Å². The summed E-state index contributed by atoms with van der Waals surface area (Å²) >= 11 is 1.60. The van der Waals surface area contributed by atoms with Crippen LogP contribution in [0.3, 0.4) is 0 Å². The second-order valence-electron chi connectivity index (χ2n) is 6.47. The number of thiazole rings is 1. The minimum atomic E-state index is 0.623. The van der Waals surface area contributed by atoms with Crippen molar-refractivity contribution in [2.24, 2.45) is 0 Å². The second-order valence-corrected chi connectivity index (χ2v) is 7.32. The van der Waals surface area contributed by atoms with Crippen LogP contribution in [0.4, 0.5) is 10.8 Å². The third-order valence-corrected chi connectivity index (χ3v) is 5.24. The third kappa shape index (κ3) is 4.13. The van der Waals surface area contributed by atoms with Gasteiger partial charge in [-0.2, -0.15) is 0 Å². The van der Waals surface area contributed by atoms with E-state index in [-0.39, 0.29) is 0 Å². The lowest BCUT2D eigenvalue weighted by Gasteiger charge is -2.10. The summed E-state index contributed by atoms with van der Waals surface area (Å²) in [5.41, 5.74) is 6.54. The maximum Gasteiger partial charge on any atom is 0.187 e. The van der Waals surface area contributed by atoms with Gasteiger partial charge in [0.25, 0.3) is 0 Å². The molecule has 4 aromatic rings. The SMILES string of the molecule is CCOCc1ccc(C)c(Nc2nc(-c3ccc(-n4ccnc4)cc3)cs2)c1. The molecule has 0 atom stereocenters. The summed E-state index contributed by atoms with van der Waals surface area (Å²) in [7, 11) is 0. The molecule has 0 aliphatic rings. The Kier molecular flexibility index (Phi) is 5.50. The van der Waals surface area contributed by atoms with E-state index < -0.39 is 0 Å². The standard InChI is InChI=1S/C22H22N4OS/c1-3-27-13-17-5-4-16(2)20(12-17)24-22-25-21(14-28-22)18-6-8-19(9-7-18)26-11-10-23-15-26/h4-12,14-15H,3,13H2,1-2H3,(H,24,25). The Hall–Kier alpha value is -2.96. The Balaban J connectivity index is 1.50. The molecule has 0 amide bonds. The lowest BCUT2D eigenvalue weighted by atomic mass is 10.1. The van der Waals surface area contributed by atoms with E-state index in [0.717, 1.165) is 33.3 Å². The van der Waals surface area contributed by atoms with Crippen LogP contribution in [-0.2, 0) is 11.3 Å². The van der Waals surface area contributed by atoms with E-state index in [1.807, 2.05) is 17.7 Å². The number of hydrogen-bond acceptors (Lipinski definition) is 5. The molecule has 0 bridgehead atoms. The smallest absolute Gasteiger partial charge is 0.187 e. The van der Waals surface area contributed by atoms with Crippen molar-refractivity contribution >= 4 is 22.2 Å². The molecule has 0 fully saturated rings. The third-order valence-electron chi connectivity index (χ3n) is 4.49. The maximum absolute atomic E-state index is 5.52. The van der Waals surface area contributed by atoms with Crippen molar-refractivity contribution < 1.29 is 4.74 Å². The highest BCUT2D eigenvalue weighted by Crippen LogP contribution is 2.29. The summed E-state index contributed by atoms with van der Waals surface area (Å²) in [6.07, 6.45) is 5.50. The van der Waals surface area contributed by atoms with Crippen LogP contribution >= 0.6 is 11.3 Å². The first kappa shape index (κ1) is 18.4. The van der Waals surface area contributed by atoms with Crippen molar-refractivity contribution in [3.8, 4) is 16.9 Å². The molecule has 2 aromatic heterocycles. The van der Waals surface area contributed by atoms with Gasteiger partial charge in [-0.15, -0.1) is 11.3 Å². The minimum Gasteiger partial charge on any atom is -0.377 e. The molecule has 2 heterocycles. The van der Waals surface area contributed by atoms with Gasteiger partial charge in [0.1, 0.15) is 0 Å². The molecule has 0 spiro atoms. The molecular weight excluding hydrogens is 368 g/mol. The van der Waals surface area contributed by atoms with E-state index in [4.69, 9.17) is 9.72 Å². The number of hydrogen-bond donors (Lipinski definition) is 1. The van der Waals surface area contributed by atoms with E-state index in [0.29, 0.717) is 13.2 Å².